The van der Waals surface area contributed by atoms with Crippen molar-refractivity contribution in [2.45, 2.75) is 121 Å². The Kier molecular flexibility index (Phi) is 11.2. The van der Waals surface area contributed by atoms with Crippen molar-refractivity contribution in [3.63, 3.8) is 0 Å². The van der Waals surface area contributed by atoms with E-state index in [-0.39, 0.29) is 82.0 Å². The lowest BCUT2D eigenvalue weighted by Crippen LogP contribution is -2.62. The van der Waals surface area contributed by atoms with E-state index in [4.69, 9.17) is 18.9 Å². The maximum Gasteiger partial charge on any atom is 0.412 e. The molecular weight excluding hydrogens is 818 g/mol. The summed E-state index contributed by atoms with van der Waals surface area (Å²) < 4.78 is 39.4. The van der Waals surface area contributed by atoms with Gasteiger partial charge in [0.2, 0.25) is 12.6 Å². The van der Waals surface area contributed by atoms with Crippen LogP contribution in [0, 0.1) is 40.3 Å². The van der Waals surface area contributed by atoms with Gasteiger partial charge >= 0.3 is 18.0 Å². The van der Waals surface area contributed by atoms with Crippen LogP contribution in [0.3, 0.4) is 0 Å². The predicted molar refractivity (Wildman–Crippen MR) is 224 cm³/mol. The molecule has 2 aromatic rings. The first-order valence-electron chi connectivity index (χ1n) is 22.7. The Labute approximate surface area is 364 Å². The molecule has 63 heavy (non-hydrogen) atoms. The largest absolute Gasteiger partial charge is 0.492 e. The van der Waals surface area contributed by atoms with Crippen LogP contribution in [0.2, 0.25) is 0 Å². The number of esters is 2. The highest BCUT2D eigenvalue weighted by Gasteiger charge is 2.68. The molecule has 0 bridgehead atoms. The number of ketones is 2. The van der Waals surface area contributed by atoms with Gasteiger partial charge in [0.15, 0.2) is 29.4 Å². The van der Waals surface area contributed by atoms with Crippen LogP contribution in [-0.4, -0.2) is 107 Å². The van der Waals surface area contributed by atoms with E-state index in [1.807, 2.05) is 16.4 Å². The number of Topliss-reactive ketones (excluding diaryl/α,β-unsaturated/α-hetero) is 1. The summed E-state index contributed by atoms with van der Waals surface area (Å²) in [6.07, 6.45) is 8.24. The first-order chi connectivity index (χ1) is 30.1. The van der Waals surface area contributed by atoms with Crippen LogP contribution in [0.15, 0.2) is 34.8 Å². The van der Waals surface area contributed by atoms with E-state index in [1.165, 1.54) is 19.2 Å². The number of ether oxygens (including phenoxy) is 4. The molecule has 15 nitrogen and oxygen atoms in total. The molecule has 5 unspecified atom stereocenters. The molecule has 4 saturated carbocycles. The lowest BCUT2D eigenvalue weighted by Gasteiger charge is -2.60. The molecule has 0 radical (unpaired) electrons. The van der Waals surface area contributed by atoms with Crippen molar-refractivity contribution in [2.75, 3.05) is 45.0 Å². The average Bonchev–Trinajstić information content (AvgIpc) is 3.94. The minimum atomic E-state index is -1.81. The minimum Gasteiger partial charge on any atom is -0.492 e. The second-order valence-electron chi connectivity index (χ2n) is 19.6. The van der Waals surface area contributed by atoms with Gasteiger partial charge in [-0.1, -0.05) is 19.4 Å². The number of allylic oxidation sites excluding steroid dienone is 1. The Morgan fingerprint density at radius 1 is 0.952 bits per heavy atom. The normalized spacial score (nSPS) is 33.4. The number of hydrogen-bond donors (Lipinski definition) is 2. The molecule has 1 aromatic heterocycles. The fourth-order valence-corrected chi connectivity index (χ4v) is 13.1. The van der Waals surface area contributed by atoms with Crippen molar-refractivity contribution in [3.8, 4) is 5.75 Å². The molecule has 3 heterocycles. The van der Waals surface area contributed by atoms with Gasteiger partial charge in [-0.05, 0) is 105 Å². The number of aliphatic hydroxyl groups excluding tert-OH is 1. The summed E-state index contributed by atoms with van der Waals surface area (Å²) in [6.45, 7) is 3.77. The Morgan fingerprint density at radius 3 is 2.46 bits per heavy atom. The zero-order valence-corrected chi connectivity index (χ0v) is 36.3. The summed E-state index contributed by atoms with van der Waals surface area (Å²) >= 11 is 0. The van der Waals surface area contributed by atoms with E-state index in [2.05, 4.69) is 6.92 Å². The number of amides is 1. The number of carbonyl (C=O) groups excluding carboxylic acids is 5. The molecule has 2 N–H and O–H groups in total. The molecule has 1 aromatic carbocycles. The van der Waals surface area contributed by atoms with Crippen molar-refractivity contribution < 1.29 is 57.5 Å². The molecule has 5 aliphatic carbocycles. The molecule has 340 valence electrons. The number of fused-ring (bicyclic) bond motifs is 7. The number of methoxy groups -OCH3 is 1. The second kappa shape index (κ2) is 16.3. The quantitative estimate of drug-likeness (QED) is 0.223. The Hall–Kier alpha value is -4.83. The molecular formula is C47H58FN3O12. The Balaban J connectivity index is 0.748. The Morgan fingerprint density at radius 2 is 1.71 bits per heavy atom. The third-order valence-corrected chi connectivity index (χ3v) is 16.4. The summed E-state index contributed by atoms with van der Waals surface area (Å²) in [5, 5.41) is 23.9. The summed E-state index contributed by atoms with van der Waals surface area (Å²) in [7, 11) is 1.46. The SMILES string of the molecule is COc1c(N2CC3CCCN(C(=O)OCOC(=O)CCC(=O)OCC(=O)[C@@]4(O)CCC5C6CCC7=CC(=O)CC[C@]7(C)C6[C@@H](O)C[C@@]54C)C3C2)c(F)cc2c(=O)ccn(C3CC3)c12. The number of piperidine rings is 1. The highest BCUT2D eigenvalue weighted by Crippen LogP contribution is 2.67. The van der Waals surface area contributed by atoms with Crippen molar-refractivity contribution in [2.24, 2.45) is 34.5 Å². The molecule has 2 saturated heterocycles. The summed E-state index contributed by atoms with van der Waals surface area (Å²) in [4.78, 5) is 80.7. The van der Waals surface area contributed by atoms with Crippen LogP contribution >= 0.6 is 0 Å². The standard InChI is InChI=1S/C47H58FN3O12/c1-45-15-12-29(52)19-27(45)6-9-30-32-13-16-47(59,46(32,2)21-36(54)40(30)45)37(55)24-61-38(56)10-11-39(57)62-25-63-44(58)51-17-4-5-26-22-49(23-34(26)51)42-33(48)20-31-35(53)14-18-50(28-7-8-28)41(31)43(42)60-3/h14,18-20,26,28,30,32,34,36,40,54,59H,4-13,15-17,21-25H2,1-3H3/t26?,30?,32?,34?,36-,40?,45-,46-,47-/m0/s1. The van der Waals surface area contributed by atoms with Gasteiger partial charge < -0.3 is 43.5 Å². The van der Waals surface area contributed by atoms with E-state index in [1.54, 1.807) is 17.2 Å². The number of anilines is 1. The Bertz CT molecular complexity index is 2330. The van der Waals surface area contributed by atoms with Crippen LogP contribution in [0.25, 0.3) is 10.9 Å². The first-order valence-corrected chi connectivity index (χ1v) is 22.7. The number of carbonyl (C=O) groups is 5. The number of nitrogens with zero attached hydrogens (tertiary/aromatic N) is 3. The summed E-state index contributed by atoms with van der Waals surface area (Å²) in [6, 6.07) is 2.61. The van der Waals surface area contributed by atoms with Crippen LogP contribution in [-0.2, 0) is 33.4 Å². The third-order valence-electron chi connectivity index (χ3n) is 16.4. The fraction of sp³-hybridized carbons (Fsp3) is 0.660. The maximum absolute atomic E-state index is 15.9. The van der Waals surface area contributed by atoms with Gasteiger partial charge in [0.25, 0.3) is 0 Å². The summed E-state index contributed by atoms with van der Waals surface area (Å²) in [5.74, 6) is -2.51. The molecule has 1 amide bonds. The van der Waals surface area contributed by atoms with Gasteiger partial charge in [-0.3, -0.25) is 24.0 Å². The van der Waals surface area contributed by atoms with Gasteiger partial charge in [-0.2, -0.15) is 0 Å². The molecule has 9 atom stereocenters. The molecule has 0 spiro atoms. The predicted octanol–water partition coefficient (Wildman–Crippen LogP) is 5.15. The van der Waals surface area contributed by atoms with E-state index >= 15 is 4.39 Å². The highest BCUT2D eigenvalue weighted by molar-refractivity contribution is 5.93. The van der Waals surface area contributed by atoms with Crippen LogP contribution in [0.5, 0.6) is 5.75 Å². The van der Waals surface area contributed by atoms with Gasteiger partial charge in [0, 0.05) is 49.8 Å². The van der Waals surface area contributed by atoms with Crippen molar-refractivity contribution in [1.82, 2.24) is 9.47 Å². The van der Waals surface area contributed by atoms with E-state index in [9.17, 15) is 39.0 Å². The monoisotopic (exact) mass is 875 g/mol. The smallest absolute Gasteiger partial charge is 0.412 e. The molecule has 7 aliphatic rings. The number of benzene rings is 1. The van der Waals surface area contributed by atoms with Crippen molar-refractivity contribution in [3.05, 3.63) is 46.0 Å². The highest BCUT2D eigenvalue weighted by atomic mass is 19.1. The van der Waals surface area contributed by atoms with Gasteiger partial charge in [0.05, 0.1) is 43.0 Å². The van der Waals surface area contributed by atoms with Crippen LogP contribution in [0.1, 0.15) is 103 Å². The average molecular weight is 876 g/mol. The number of aromatic nitrogens is 1. The van der Waals surface area contributed by atoms with E-state index < -0.39 is 73.0 Å². The summed E-state index contributed by atoms with van der Waals surface area (Å²) in [5.41, 5.74) is -1.44. The maximum atomic E-state index is 15.9. The van der Waals surface area contributed by atoms with Crippen molar-refractivity contribution >= 4 is 46.2 Å². The van der Waals surface area contributed by atoms with E-state index in [0.717, 1.165) is 37.7 Å². The number of hydrogen-bond acceptors (Lipinski definition) is 13. The van der Waals surface area contributed by atoms with Crippen molar-refractivity contribution in [1.29, 1.82) is 0 Å². The molecule has 9 rings (SSSR count). The lowest BCUT2D eigenvalue weighted by molar-refractivity contribution is -0.184. The van der Waals surface area contributed by atoms with Gasteiger partial charge in [-0.15, -0.1) is 0 Å². The molecule has 16 heteroatoms. The van der Waals surface area contributed by atoms with Gasteiger partial charge in [-0.25, -0.2) is 9.18 Å². The fourth-order valence-electron chi connectivity index (χ4n) is 13.1. The van der Waals surface area contributed by atoms with Crippen LogP contribution < -0.4 is 15.1 Å². The first kappa shape index (κ1) is 43.4. The molecule has 2 aliphatic heterocycles. The number of rotatable bonds is 11. The zero-order valence-electron chi connectivity index (χ0n) is 36.3. The van der Waals surface area contributed by atoms with E-state index in [0.29, 0.717) is 50.8 Å². The number of likely N-dealkylation sites (tertiary alicyclic amines) is 1. The zero-order chi connectivity index (χ0) is 44.6. The number of pyridine rings is 1. The number of aliphatic hydroxyl groups is 2. The number of halogens is 1. The minimum absolute atomic E-state index is 0.00480. The molecule has 6 fully saturated rings. The lowest BCUT2D eigenvalue weighted by atomic mass is 9.45. The third kappa shape index (κ3) is 7.32. The van der Waals surface area contributed by atoms with Crippen LogP contribution in [0.4, 0.5) is 14.9 Å². The van der Waals surface area contributed by atoms with Gasteiger partial charge in [0.1, 0.15) is 11.3 Å². The topological polar surface area (TPSA) is 191 Å². The second-order valence-corrected chi connectivity index (χ2v) is 19.6.